The maximum atomic E-state index is 13.5. The molecule has 34 heavy (non-hydrogen) atoms. The summed E-state index contributed by atoms with van der Waals surface area (Å²) >= 11 is 6.33. The van der Waals surface area contributed by atoms with Gasteiger partial charge in [0.15, 0.2) is 0 Å². The van der Waals surface area contributed by atoms with Crippen molar-refractivity contribution in [2.24, 2.45) is 4.99 Å². The van der Waals surface area contributed by atoms with E-state index in [1.807, 2.05) is 30.3 Å². The van der Waals surface area contributed by atoms with Gasteiger partial charge >= 0.3 is 0 Å². The second-order valence-corrected chi connectivity index (χ2v) is 7.95. The summed E-state index contributed by atoms with van der Waals surface area (Å²) in [6.45, 7) is 7.73. The van der Waals surface area contributed by atoms with Crippen LogP contribution in [0.15, 0.2) is 99.7 Å². The molecule has 2 aromatic carbocycles. The first-order valence-corrected chi connectivity index (χ1v) is 10.9. The highest BCUT2D eigenvalue weighted by Crippen LogP contribution is 2.21. The zero-order chi connectivity index (χ0) is 24.1. The van der Waals surface area contributed by atoms with Crippen molar-refractivity contribution in [2.45, 2.75) is 19.8 Å². The van der Waals surface area contributed by atoms with E-state index in [1.54, 1.807) is 36.4 Å². The molecule has 1 N–H and O–H groups in total. The van der Waals surface area contributed by atoms with Crippen LogP contribution in [0.2, 0.25) is 5.02 Å². The molecule has 172 valence electrons. The Morgan fingerprint density at radius 3 is 2.53 bits per heavy atom. The number of halogens is 1. The smallest absolute Gasteiger partial charge is 0.281 e. The van der Waals surface area contributed by atoms with Gasteiger partial charge in [0.1, 0.15) is 0 Å². The third-order valence-corrected chi connectivity index (χ3v) is 5.66. The predicted octanol–water partition coefficient (Wildman–Crippen LogP) is 4.62. The van der Waals surface area contributed by atoms with Crippen molar-refractivity contribution < 1.29 is 4.74 Å². The number of aromatic nitrogens is 3. The van der Waals surface area contributed by atoms with Crippen molar-refractivity contribution in [1.29, 1.82) is 0 Å². The number of pyridine rings is 1. The highest BCUT2D eigenvalue weighted by molar-refractivity contribution is 6.32. The van der Waals surface area contributed by atoms with Crippen molar-refractivity contribution >= 4 is 29.2 Å². The number of benzene rings is 2. The maximum absolute atomic E-state index is 13.5. The summed E-state index contributed by atoms with van der Waals surface area (Å²) in [5.74, 6) is 0. The van der Waals surface area contributed by atoms with Gasteiger partial charge in [-0.2, -0.15) is 0 Å². The summed E-state index contributed by atoms with van der Waals surface area (Å²) in [4.78, 5) is 30.6. The number of rotatable bonds is 9. The molecule has 0 bridgehead atoms. The van der Waals surface area contributed by atoms with E-state index >= 15 is 0 Å². The molecule has 0 atom stereocenters. The predicted molar refractivity (Wildman–Crippen MR) is 136 cm³/mol. The molecule has 4 aromatic rings. The lowest BCUT2D eigenvalue weighted by Crippen LogP contribution is -2.26. The summed E-state index contributed by atoms with van der Waals surface area (Å²) in [6, 6.07) is 18.0. The van der Waals surface area contributed by atoms with Crippen LogP contribution in [0.5, 0.6) is 0 Å². The maximum Gasteiger partial charge on any atom is 0.281 e. The summed E-state index contributed by atoms with van der Waals surface area (Å²) in [5.41, 5.74) is 2.18. The molecule has 0 radical (unpaired) electrons. The Morgan fingerprint density at radius 2 is 1.82 bits per heavy atom. The van der Waals surface area contributed by atoms with Crippen LogP contribution in [0.1, 0.15) is 11.3 Å². The van der Waals surface area contributed by atoms with Gasteiger partial charge in [-0.25, -0.2) is 4.68 Å². The topological polar surface area (TPSA) is 81.4 Å². The first kappa shape index (κ1) is 23.2. The van der Waals surface area contributed by atoms with Crippen molar-refractivity contribution in [3.05, 3.63) is 122 Å². The van der Waals surface area contributed by atoms with Crippen molar-refractivity contribution in [1.82, 2.24) is 14.3 Å². The van der Waals surface area contributed by atoms with Crippen LogP contribution in [0.25, 0.3) is 16.6 Å². The fourth-order valence-electron chi connectivity index (χ4n) is 3.73. The second-order valence-electron chi connectivity index (χ2n) is 7.54. The lowest BCUT2D eigenvalue weighted by atomic mass is 10.2. The minimum Gasteiger partial charge on any atom is -0.371 e. The summed E-state index contributed by atoms with van der Waals surface area (Å²) in [5, 5.41) is 3.76. The molecular weight excluding hydrogens is 452 g/mol. The van der Waals surface area contributed by atoms with Crippen molar-refractivity contribution in [2.75, 3.05) is 0 Å². The quantitative estimate of drug-likeness (QED) is 0.284. The Hall–Kier alpha value is -3.94. The SMILES string of the molecule is C=C/C=C(/Cn1c(COCc2ccccc2)c2c(=O)n(-c3ccccc3Cl)[nH]c2cc1=O)N=C. The minimum absolute atomic E-state index is 0.0373. The van der Waals surface area contributed by atoms with Crippen LogP contribution in [-0.4, -0.2) is 21.1 Å². The standard InChI is InChI=1S/C26H23ClN4O3/c1-3-9-19(28-2)15-30-23(17-34-16-18-10-5-4-6-11-18)25-21(14-24(30)32)29-31(26(25)33)22-13-8-7-12-20(22)27/h3-14,29H,1-2,15-17H2/b19-9-. The van der Waals surface area contributed by atoms with E-state index in [0.29, 0.717) is 39.6 Å². The molecule has 0 aliphatic carbocycles. The van der Waals surface area contributed by atoms with Gasteiger partial charge < -0.3 is 9.30 Å². The summed E-state index contributed by atoms with van der Waals surface area (Å²) < 4.78 is 8.76. The Balaban J connectivity index is 1.86. The number of nitrogens with one attached hydrogen (secondary N) is 1. The highest BCUT2D eigenvalue weighted by Gasteiger charge is 2.19. The van der Waals surface area contributed by atoms with Crippen molar-refractivity contribution in [3.8, 4) is 5.69 Å². The molecule has 0 saturated carbocycles. The molecular formula is C26H23ClN4O3. The van der Waals surface area contributed by atoms with E-state index in [-0.39, 0.29) is 24.3 Å². The van der Waals surface area contributed by atoms with E-state index in [2.05, 4.69) is 23.4 Å². The highest BCUT2D eigenvalue weighted by atomic mass is 35.5. The van der Waals surface area contributed by atoms with Crippen LogP contribution in [0.3, 0.4) is 0 Å². The van der Waals surface area contributed by atoms with E-state index in [9.17, 15) is 9.59 Å². The van der Waals surface area contributed by atoms with Gasteiger partial charge in [-0.1, -0.05) is 66.7 Å². The van der Waals surface area contributed by atoms with Crippen LogP contribution in [-0.2, 0) is 24.5 Å². The molecule has 0 aliphatic heterocycles. The van der Waals surface area contributed by atoms with E-state index in [4.69, 9.17) is 16.3 Å². The molecule has 0 spiro atoms. The number of ether oxygens (including phenoxy) is 1. The van der Waals surface area contributed by atoms with E-state index in [0.717, 1.165) is 5.56 Å². The number of nitrogens with zero attached hydrogens (tertiary/aromatic N) is 3. The number of para-hydroxylation sites is 1. The molecule has 2 aromatic heterocycles. The summed E-state index contributed by atoms with van der Waals surface area (Å²) in [6.07, 6.45) is 3.23. The molecule has 7 nitrogen and oxygen atoms in total. The third-order valence-electron chi connectivity index (χ3n) is 5.34. The number of hydrogen-bond acceptors (Lipinski definition) is 4. The average Bonchev–Trinajstić information content (AvgIpc) is 3.16. The number of H-pyrrole nitrogens is 1. The molecule has 4 rings (SSSR count). The Kier molecular flexibility index (Phi) is 7.06. The zero-order valence-corrected chi connectivity index (χ0v) is 19.2. The van der Waals surface area contributed by atoms with E-state index in [1.165, 1.54) is 15.3 Å². The number of hydrogen-bond donors (Lipinski definition) is 1. The fourth-order valence-corrected chi connectivity index (χ4v) is 3.95. The van der Waals surface area contributed by atoms with E-state index < -0.39 is 0 Å². The van der Waals surface area contributed by atoms with Gasteiger partial charge in [-0.3, -0.25) is 19.7 Å². The normalized spacial score (nSPS) is 11.6. The Morgan fingerprint density at radius 1 is 1.09 bits per heavy atom. The summed E-state index contributed by atoms with van der Waals surface area (Å²) in [7, 11) is 0. The molecule has 0 amide bonds. The number of aromatic amines is 1. The monoisotopic (exact) mass is 474 g/mol. The largest absolute Gasteiger partial charge is 0.371 e. The van der Waals surface area contributed by atoms with Crippen LogP contribution < -0.4 is 11.1 Å². The lowest BCUT2D eigenvalue weighted by molar-refractivity contribution is 0.103. The molecule has 0 saturated heterocycles. The van der Waals surface area contributed by atoms with Gasteiger partial charge in [-0.05, 0) is 30.5 Å². The molecule has 0 aliphatic rings. The minimum atomic E-state index is -0.337. The van der Waals surface area contributed by atoms with Gasteiger partial charge in [0.05, 0.1) is 52.8 Å². The van der Waals surface area contributed by atoms with Gasteiger partial charge in [0.2, 0.25) is 0 Å². The molecule has 2 heterocycles. The van der Waals surface area contributed by atoms with Crippen LogP contribution >= 0.6 is 11.6 Å². The first-order chi connectivity index (χ1) is 16.5. The Labute approximate surface area is 200 Å². The molecule has 0 fully saturated rings. The zero-order valence-electron chi connectivity index (χ0n) is 18.4. The molecule has 8 heteroatoms. The number of allylic oxidation sites excluding steroid dienone is 3. The number of fused-ring (bicyclic) bond motifs is 1. The van der Waals surface area contributed by atoms with Gasteiger partial charge in [-0.15, -0.1) is 0 Å². The first-order valence-electron chi connectivity index (χ1n) is 10.6. The lowest BCUT2D eigenvalue weighted by Gasteiger charge is -2.14. The van der Waals surface area contributed by atoms with Crippen LogP contribution in [0, 0.1) is 0 Å². The van der Waals surface area contributed by atoms with Crippen molar-refractivity contribution in [3.63, 3.8) is 0 Å². The average molecular weight is 475 g/mol. The number of aliphatic imine (C=N–C) groups is 1. The van der Waals surface area contributed by atoms with Crippen LogP contribution in [0.4, 0.5) is 0 Å². The van der Waals surface area contributed by atoms with Gasteiger partial charge in [0.25, 0.3) is 11.1 Å². The fraction of sp³-hybridized carbons (Fsp3) is 0.115. The van der Waals surface area contributed by atoms with Gasteiger partial charge in [0, 0.05) is 6.07 Å². The Bertz CT molecular complexity index is 1500. The third kappa shape index (κ3) is 4.71. The second kappa shape index (κ2) is 10.3. The molecule has 0 unspecified atom stereocenters.